The van der Waals surface area contributed by atoms with Gasteiger partial charge in [-0.25, -0.2) is 0 Å². The van der Waals surface area contributed by atoms with E-state index in [1.165, 1.54) is 4.90 Å². The van der Waals surface area contributed by atoms with Crippen LogP contribution in [0.1, 0.15) is 36.6 Å². The number of hydrogen-bond acceptors (Lipinski definition) is 6. The molecule has 164 valence electrons. The zero-order chi connectivity index (χ0) is 22.7. The van der Waals surface area contributed by atoms with Crippen molar-refractivity contribution in [3.8, 4) is 5.75 Å². The SMILES string of the molecule is Cc1cc(OC(C)C)ccc1/C(O)=C1/C(=O)C(=O)N(CCN(C)C)C1c1cccnc1. The van der Waals surface area contributed by atoms with Crippen molar-refractivity contribution in [2.24, 2.45) is 0 Å². The van der Waals surface area contributed by atoms with E-state index in [4.69, 9.17) is 4.74 Å². The fourth-order valence-electron chi connectivity index (χ4n) is 3.70. The zero-order valence-electron chi connectivity index (χ0n) is 18.6. The maximum Gasteiger partial charge on any atom is 0.295 e. The molecule has 2 aromatic rings. The number of carbonyl (C=O) groups excluding carboxylic acids is 2. The van der Waals surface area contributed by atoms with Gasteiger partial charge in [-0.3, -0.25) is 14.6 Å². The first-order valence-electron chi connectivity index (χ1n) is 10.3. The van der Waals surface area contributed by atoms with E-state index in [0.717, 1.165) is 5.56 Å². The van der Waals surface area contributed by atoms with E-state index in [2.05, 4.69) is 4.98 Å². The summed E-state index contributed by atoms with van der Waals surface area (Å²) < 4.78 is 5.72. The van der Waals surface area contributed by atoms with Crippen LogP contribution in [0.5, 0.6) is 5.75 Å². The number of aliphatic hydroxyl groups is 1. The normalized spacial score (nSPS) is 18.3. The van der Waals surface area contributed by atoms with Crippen LogP contribution in [0.2, 0.25) is 0 Å². The molecule has 1 amide bonds. The number of pyridine rings is 1. The molecule has 3 rings (SSSR count). The second-order valence-corrected chi connectivity index (χ2v) is 8.23. The van der Waals surface area contributed by atoms with Gasteiger partial charge in [-0.2, -0.15) is 0 Å². The van der Waals surface area contributed by atoms with Gasteiger partial charge >= 0.3 is 0 Å². The minimum Gasteiger partial charge on any atom is -0.507 e. The summed E-state index contributed by atoms with van der Waals surface area (Å²) in [7, 11) is 3.81. The first-order valence-corrected chi connectivity index (χ1v) is 10.3. The summed E-state index contributed by atoms with van der Waals surface area (Å²) in [5.74, 6) is -0.811. The predicted molar refractivity (Wildman–Crippen MR) is 119 cm³/mol. The Bertz CT molecular complexity index is 999. The van der Waals surface area contributed by atoms with Crippen LogP contribution < -0.4 is 4.74 Å². The molecule has 1 aliphatic rings. The standard InChI is InChI=1S/C24H29N3O4/c1-15(2)31-18-8-9-19(16(3)13-18)22(28)20-21(17-7-6-10-25-14-17)27(12-11-26(4)5)24(30)23(20)29/h6-10,13-15,21,28H,11-12H2,1-5H3/b22-20-. The van der Waals surface area contributed by atoms with Crippen LogP contribution >= 0.6 is 0 Å². The van der Waals surface area contributed by atoms with Crippen LogP contribution in [0.15, 0.2) is 48.3 Å². The third-order valence-electron chi connectivity index (χ3n) is 5.15. The van der Waals surface area contributed by atoms with Crippen LogP contribution in [0, 0.1) is 6.92 Å². The molecule has 1 fully saturated rings. The Morgan fingerprint density at radius 1 is 1.26 bits per heavy atom. The number of carbonyl (C=O) groups is 2. The maximum absolute atomic E-state index is 13.0. The van der Waals surface area contributed by atoms with Gasteiger partial charge in [0.2, 0.25) is 0 Å². The van der Waals surface area contributed by atoms with Crippen LogP contribution in [-0.4, -0.2) is 64.9 Å². The van der Waals surface area contributed by atoms with Gasteiger partial charge in [-0.05, 0) is 70.3 Å². The van der Waals surface area contributed by atoms with Crippen molar-refractivity contribution in [2.45, 2.75) is 32.9 Å². The fraction of sp³-hybridized carbons (Fsp3) is 0.375. The van der Waals surface area contributed by atoms with Gasteiger partial charge < -0.3 is 19.6 Å². The second-order valence-electron chi connectivity index (χ2n) is 8.23. The predicted octanol–water partition coefficient (Wildman–Crippen LogP) is 3.16. The highest BCUT2D eigenvalue weighted by atomic mass is 16.5. The van der Waals surface area contributed by atoms with E-state index in [0.29, 0.717) is 30.0 Å². The Kier molecular flexibility index (Phi) is 6.75. The Balaban J connectivity index is 2.10. The van der Waals surface area contributed by atoms with Crippen LogP contribution in [-0.2, 0) is 9.59 Å². The van der Waals surface area contributed by atoms with Gasteiger partial charge in [0.1, 0.15) is 11.5 Å². The number of ketones is 1. The molecule has 1 aliphatic heterocycles. The average molecular weight is 424 g/mol. The Hall–Kier alpha value is -3.19. The fourth-order valence-corrected chi connectivity index (χ4v) is 3.70. The highest BCUT2D eigenvalue weighted by molar-refractivity contribution is 6.46. The minimum atomic E-state index is -0.695. The molecule has 1 aromatic heterocycles. The smallest absolute Gasteiger partial charge is 0.295 e. The van der Waals surface area contributed by atoms with Crippen molar-refractivity contribution in [3.63, 3.8) is 0 Å². The number of benzene rings is 1. The first kappa shape index (κ1) is 22.5. The van der Waals surface area contributed by atoms with E-state index >= 15 is 0 Å². The quantitative estimate of drug-likeness (QED) is 0.418. The molecule has 0 aliphatic carbocycles. The molecule has 31 heavy (non-hydrogen) atoms. The first-order chi connectivity index (χ1) is 14.7. The molecule has 1 aromatic carbocycles. The number of likely N-dealkylation sites (N-methyl/N-ethyl adjacent to an activating group) is 1. The molecule has 0 saturated carbocycles. The topological polar surface area (TPSA) is 83.0 Å². The maximum atomic E-state index is 13.0. The van der Waals surface area contributed by atoms with Crippen molar-refractivity contribution >= 4 is 17.4 Å². The molecule has 1 saturated heterocycles. The molecular weight excluding hydrogens is 394 g/mol. The van der Waals surface area contributed by atoms with Crippen molar-refractivity contribution in [3.05, 3.63) is 65.0 Å². The lowest BCUT2D eigenvalue weighted by molar-refractivity contribution is -0.140. The summed E-state index contributed by atoms with van der Waals surface area (Å²) in [6.07, 6.45) is 3.28. The molecule has 0 radical (unpaired) electrons. The van der Waals surface area contributed by atoms with Gasteiger partial charge in [0.25, 0.3) is 11.7 Å². The third kappa shape index (κ3) is 4.77. The monoisotopic (exact) mass is 423 g/mol. The molecule has 7 heteroatoms. The summed E-state index contributed by atoms with van der Waals surface area (Å²) in [6.45, 7) is 6.65. The van der Waals surface area contributed by atoms with Gasteiger partial charge in [0, 0.05) is 31.0 Å². The lowest BCUT2D eigenvalue weighted by Gasteiger charge is -2.26. The van der Waals surface area contributed by atoms with Crippen LogP contribution in [0.3, 0.4) is 0 Å². The molecule has 1 N–H and O–H groups in total. The third-order valence-corrected chi connectivity index (χ3v) is 5.15. The molecule has 0 bridgehead atoms. The number of aromatic nitrogens is 1. The number of rotatable bonds is 7. The zero-order valence-corrected chi connectivity index (χ0v) is 18.6. The molecule has 1 unspecified atom stereocenters. The van der Waals surface area contributed by atoms with Crippen molar-refractivity contribution < 1.29 is 19.4 Å². The highest BCUT2D eigenvalue weighted by Crippen LogP contribution is 2.39. The van der Waals surface area contributed by atoms with Crippen LogP contribution in [0.4, 0.5) is 0 Å². The van der Waals surface area contributed by atoms with Crippen LogP contribution in [0.25, 0.3) is 5.76 Å². The second kappa shape index (κ2) is 9.31. The number of likely N-dealkylation sites (tertiary alicyclic amines) is 1. The van der Waals surface area contributed by atoms with Crippen molar-refractivity contribution in [1.29, 1.82) is 0 Å². The number of ether oxygens (including phenoxy) is 1. The molecule has 0 spiro atoms. The summed E-state index contributed by atoms with van der Waals surface area (Å²) in [5, 5.41) is 11.2. The molecule has 1 atom stereocenters. The molecular formula is C24H29N3O4. The largest absolute Gasteiger partial charge is 0.507 e. The number of Topliss-reactive ketones (excluding diaryl/α,β-unsaturated/α-hetero) is 1. The molecule has 2 heterocycles. The Labute approximate surface area is 183 Å². The summed E-state index contributed by atoms with van der Waals surface area (Å²) in [4.78, 5) is 33.5. The van der Waals surface area contributed by atoms with Gasteiger partial charge in [-0.1, -0.05) is 6.07 Å². The Morgan fingerprint density at radius 3 is 2.58 bits per heavy atom. The number of aryl methyl sites for hydroxylation is 1. The van der Waals surface area contributed by atoms with E-state index in [-0.39, 0.29) is 17.4 Å². The summed E-state index contributed by atoms with van der Waals surface area (Å²) in [6, 6.07) is 8.16. The van der Waals surface area contributed by atoms with Crippen molar-refractivity contribution in [1.82, 2.24) is 14.8 Å². The van der Waals surface area contributed by atoms with Crippen molar-refractivity contribution in [2.75, 3.05) is 27.2 Å². The van der Waals surface area contributed by atoms with Gasteiger partial charge in [0.15, 0.2) is 0 Å². The number of aliphatic hydroxyl groups excluding tert-OH is 1. The Morgan fingerprint density at radius 2 is 2.00 bits per heavy atom. The summed E-state index contributed by atoms with van der Waals surface area (Å²) in [5.41, 5.74) is 2.01. The van der Waals surface area contributed by atoms with E-state index in [1.54, 1.807) is 30.6 Å². The number of nitrogens with zero attached hydrogens (tertiary/aromatic N) is 3. The summed E-state index contributed by atoms with van der Waals surface area (Å²) >= 11 is 0. The lowest BCUT2D eigenvalue weighted by Crippen LogP contribution is -2.35. The highest BCUT2D eigenvalue weighted by Gasteiger charge is 2.46. The van der Waals surface area contributed by atoms with E-state index in [9.17, 15) is 14.7 Å². The van der Waals surface area contributed by atoms with E-state index < -0.39 is 17.7 Å². The minimum absolute atomic E-state index is 0.0199. The average Bonchev–Trinajstić information content (AvgIpc) is 2.96. The lowest BCUT2D eigenvalue weighted by atomic mass is 9.94. The van der Waals surface area contributed by atoms with Gasteiger partial charge in [0.05, 0.1) is 17.7 Å². The van der Waals surface area contributed by atoms with E-state index in [1.807, 2.05) is 51.9 Å². The van der Waals surface area contributed by atoms with Gasteiger partial charge in [-0.15, -0.1) is 0 Å². The number of amides is 1. The molecule has 7 nitrogen and oxygen atoms in total. The number of hydrogen-bond donors (Lipinski definition) is 1.